The van der Waals surface area contributed by atoms with Crippen molar-refractivity contribution >= 4 is 11.4 Å². The van der Waals surface area contributed by atoms with E-state index in [1.165, 1.54) is 0 Å². The van der Waals surface area contributed by atoms with Gasteiger partial charge in [-0.1, -0.05) is 12.1 Å². The van der Waals surface area contributed by atoms with E-state index in [2.05, 4.69) is 16.9 Å². The van der Waals surface area contributed by atoms with E-state index in [1.54, 1.807) is 10.5 Å². The fraction of sp³-hybridized carbons (Fsp3) is 0.412. The zero-order chi connectivity index (χ0) is 16.3. The van der Waals surface area contributed by atoms with Crippen LogP contribution in [0.15, 0.2) is 37.1 Å². The van der Waals surface area contributed by atoms with Crippen molar-refractivity contribution in [3.8, 4) is 0 Å². The van der Waals surface area contributed by atoms with Crippen LogP contribution >= 0.6 is 0 Å². The first-order valence-electron chi connectivity index (χ1n) is 7.77. The molecule has 1 aliphatic heterocycles. The minimum absolute atomic E-state index is 0.106. The van der Waals surface area contributed by atoms with Crippen LogP contribution in [0.1, 0.15) is 29.2 Å². The van der Waals surface area contributed by atoms with Gasteiger partial charge in [-0.25, -0.2) is 4.98 Å². The number of nitrogens with zero attached hydrogens (tertiary/aromatic N) is 2. The molecule has 2 N–H and O–H groups in total. The molecule has 122 valence electrons. The summed E-state index contributed by atoms with van der Waals surface area (Å²) in [6.07, 6.45) is 5.38. The molecule has 0 aliphatic carbocycles. The Balaban J connectivity index is 1.93. The van der Waals surface area contributed by atoms with Gasteiger partial charge in [0.1, 0.15) is 0 Å². The quantitative estimate of drug-likeness (QED) is 0.816. The zero-order valence-electron chi connectivity index (χ0n) is 13.0. The molecule has 1 saturated heterocycles. The SMILES string of the molecule is C=CCc1nc(C(=O)NC2(CO)CCOCC2)n2ccccc12. The highest BCUT2D eigenvalue weighted by atomic mass is 16.5. The van der Waals surface area contributed by atoms with E-state index < -0.39 is 5.54 Å². The Morgan fingerprint density at radius 1 is 1.48 bits per heavy atom. The molecule has 23 heavy (non-hydrogen) atoms. The van der Waals surface area contributed by atoms with Crippen LogP contribution in [0.2, 0.25) is 0 Å². The third kappa shape index (κ3) is 3.00. The van der Waals surface area contributed by atoms with E-state index in [0.717, 1.165) is 11.2 Å². The maximum Gasteiger partial charge on any atom is 0.288 e. The Kier molecular flexibility index (Phi) is 4.45. The number of fused-ring (bicyclic) bond motifs is 1. The minimum atomic E-state index is -0.630. The number of imidazole rings is 1. The number of aliphatic hydroxyl groups excluding tert-OH is 1. The second-order valence-corrected chi connectivity index (χ2v) is 5.84. The van der Waals surface area contributed by atoms with Gasteiger partial charge in [0, 0.05) is 25.8 Å². The van der Waals surface area contributed by atoms with Crippen LogP contribution < -0.4 is 5.32 Å². The molecule has 6 nitrogen and oxygen atoms in total. The number of carbonyl (C=O) groups is 1. The standard InChI is InChI=1S/C17H21N3O3/c1-2-5-13-14-6-3-4-9-20(14)15(18-13)16(22)19-17(12-21)7-10-23-11-8-17/h2-4,6,9,21H,1,5,7-8,10-12H2,(H,19,22). The van der Waals surface area contributed by atoms with Gasteiger partial charge in [-0.3, -0.25) is 9.20 Å². The monoisotopic (exact) mass is 315 g/mol. The number of hydrogen-bond donors (Lipinski definition) is 2. The average molecular weight is 315 g/mol. The average Bonchev–Trinajstić information content (AvgIpc) is 2.95. The summed E-state index contributed by atoms with van der Waals surface area (Å²) in [6.45, 7) is 4.70. The van der Waals surface area contributed by atoms with Gasteiger partial charge in [-0.05, 0) is 25.0 Å². The lowest BCUT2D eigenvalue weighted by Crippen LogP contribution is -2.54. The highest BCUT2D eigenvalue weighted by Gasteiger charge is 2.34. The number of aliphatic hydroxyl groups is 1. The molecule has 0 spiro atoms. The first-order valence-corrected chi connectivity index (χ1v) is 7.77. The molecule has 0 aromatic carbocycles. The molecule has 1 amide bonds. The van der Waals surface area contributed by atoms with Crippen molar-refractivity contribution in [1.82, 2.24) is 14.7 Å². The minimum Gasteiger partial charge on any atom is -0.394 e. The summed E-state index contributed by atoms with van der Waals surface area (Å²) in [6, 6.07) is 5.71. The Hall–Kier alpha value is -2.18. The van der Waals surface area contributed by atoms with Gasteiger partial charge in [0.25, 0.3) is 5.91 Å². The second-order valence-electron chi connectivity index (χ2n) is 5.84. The lowest BCUT2D eigenvalue weighted by molar-refractivity contribution is 0.0123. The van der Waals surface area contributed by atoms with Gasteiger partial charge in [0.15, 0.2) is 0 Å². The molecule has 0 unspecified atom stereocenters. The van der Waals surface area contributed by atoms with Crippen molar-refractivity contribution in [2.24, 2.45) is 0 Å². The fourth-order valence-electron chi connectivity index (χ4n) is 2.93. The molecule has 0 bridgehead atoms. The summed E-state index contributed by atoms with van der Waals surface area (Å²) in [5.41, 5.74) is 1.08. The predicted octanol–water partition coefficient (Wildman–Crippen LogP) is 1.33. The van der Waals surface area contributed by atoms with Crippen LogP contribution in [0.5, 0.6) is 0 Å². The highest BCUT2D eigenvalue weighted by molar-refractivity contribution is 5.92. The Bertz CT molecular complexity index is 717. The third-order valence-electron chi connectivity index (χ3n) is 4.30. The number of pyridine rings is 1. The van der Waals surface area contributed by atoms with E-state index in [4.69, 9.17) is 4.74 Å². The molecule has 1 aliphatic rings. The van der Waals surface area contributed by atoms with E-state index in [-0.39, 0.29) is 12.5 Å². The van der Waals surface area contributed by atoms with Crippen LogP contribution in [0.4, 0.5) is 0 Å². The molecular formula is C17H21N3O3. The summed E-state index contributed by atoms with van der Waals surface area (Å²) in [4.78, 5) is 17.2. The summed E-state index contributed by atoms with van der Waals surface area (Å²) in [7, 11) is 0. The van der Waals surface area contributed by atoms with Crippen molar-refractivity contribution in [3.63, 3.8) is 0 Å². The van der Waals surface area contributed by atoms with E-state index in [0.29, 0.717) is 38.3 Å². The molecule has 6 heteroatoms. The number of carbonyl (C=O) groups excluding carboxylic acids is 1. The number of nitrogens with one attached hydrogen (secondary N) is 1. The number of ether oxygens (including phenoxy) is 1. The van der Waals surface area contributed by atoms with Crippen molar-refractivity contribution in [1.29, 1.82) is 0 Å². The Morgan fingerprint density at radius 3 is 2.96 bits per heavy atom. The Labute approximate surface area is 134 Å². The van der Waals surface area contributed by atoms with Gasteiger partial charge < -0.3 is 15.2 Å². The Morgan fingerprint density at radius 2 is 2.26 bits per heavy atom. The van der Waals surface area contributed by atoms with E-state index >= 15 is 0 Å². The topological polar surface area (TPSA) is 75.9 Å². The summed E-state index contributed by atoms with van der Waals surface area (Å²) in [5.74, 6) is 0.0502. The van der Waals surface area contributed by atoms with Gasteiger partial charge in [0.2, 0.25) is 5.82 Å². The lowest BCUT2D eigenvalue weighted by atomic mass is 9.91. The van der Waals surface area contributed by atoms with Gasteiger partial charge in [-0.2, -0.15) is 0 Å². The first kappa shape index (κ1) is 15.7. The van der Waals surface area contributed by atoms with Crippen LogP contribution in [-0.4, -0.2) is 45.8 Å². The fourth-order valence-corrected chi connectivity index (χ4v) is 2.93. The molecule has 3 rings (SSSR count). The summed E-state index contributed by atoms with van der Waals surface area (Å²) >= 11 is 0. The number of rotatable bonds is 5. The van der Waals surface area contributed by atoms with Crippen molar-refractivity contribution in [2.45, 2.75) is 24.8 Å². The third-order valence-corrected chi connectivity index (χ3v) is 4.30. The molecule has 2 aromatic rings. The highest BCUT2D eigenvalue weighted by Crippen LogP contribution is 2.21. The maximum absolute atomic E-state index is 12.7. The molecule has 3 heterocycles. The number of hydrogen-bond acceptors (Lipinski definition) is 4. The smallest absolute Gasteiger partial charge is 0.288 e. The van der Waals surface area contributed by atoms with Crippen LogP contribution in [0.25, 0.3) is 5.52 Å². The number of allylic oxidation sites excluding steroid dienone is 1. The number of aromatic nitrogens is 2. The molecule has 0 atom stereocenters. The van der Waals surface area contributed by atoms with Crippen LogP contribution in [0.3, 0.4) is 0 Å². The predicted molar refractivity (Wildman–Crippen MR) is 86.4 cm³/mol. The van der Waals surface area contributed by atoms with E-state index in [9.17, 15) is 9.90 Å². The first-order chi connectivity index (χ1) is 11.2. The zero-order valence-corrected chi connectivity index (χ0v) is 13.0. The van der Waals surface area contributed by atoms with Crippen molar-refractivity contribution in [3.05, 3.63) is 48.6 Å². The summed E-state index contributed by atoms with van der Waals surface area (Å²) in [5, 5.41) is 12.7. The molecular weight excluding hydrogens is 294 g/mol. The summed E-state index contributed by atoms with van der Waals surface area (Å²) < 4.78 is 7.10. The van der Waals surface area contributed by atoms with Gasteiger partial charge >= 0.3 is 0 Å². The van der Waals surface area contributed by atoms with Crippen LogP contribution in [-0.2, 0) is 11.2 Å². The van der Waals surface area contributed by atoms with Crippen LogP contribution in [0, 0.1) is 0 Å². The van der Waals surface area contributed by atoms with Gasteiger partial charge in [-0.15, -0.1) is 6.58 Å². The number of amides is 1. The lowest BCUT2D eigenvalue weighted by Gasteiger charge is -2.36. The van der Waals surface area contributed by atoms with Crippen molar-refractivity contribution in [2.75, 3.05) is 19.8 Å². The molecule has 0 radical (unpaired) electrons. The maximum atomic E-state index is 12.7. The largest absolute Gasteiger partial charge is 0.394 e. The molecule has 1 fully saturated rings. The molecule has 2 aromatic heterocycles. The molecule has 0 saturated carbocycles. The van der Waals surface area contributed by atoms with Gasteiger partial charge in [0.05, 0.1) is 23.4 Å². The van der Waals surface area contributed by atoms with E-state index in [1.807, 2.05) is 24.4 Å². The second kappa shape index (κ2) is 6.52. The van der Waals surface area contributed by atoms with Crippen molar-refractivity contribution < 1.29 is 14.6 Å². The normalized spacial score (nSPS) is 17.1.